The maximum Gasteiger partial charge on any atom is -0.0409 e. The molecule has 1 aliphatic rings. The van der Waals surface area contributed by atoms with Crippen LogP contribution in [0.25, 0.3) is 0 Å². The summed E-state index contributed by atoms with van der Waals surface area (Å²) in [4.78, 5) is 0. The largest absolute Gasteiger partial charge is 0.0651 e. The highest BCUT2D eigenvalue weighted by Gasteiger charge is 2.26. The fourth-order valence-electron chi connectivity index (χ4n) is 2.43. The molecular weight excluding hydrogens is 156 g/mol. The third-order valence-electron chi connectivity index (χ3n) is 3.55. The van der Waals surface area contributed by atoms with Crippen molar-refractivity contribution in [3.63, 3.8) is 0 Å². The Hall–Kier alpha value is 0. The van der Waals surface area contributed by atoms with E-state index in [1.54, 1.807) is 0 Å². The number of unbranched alkanes of at least 4 members (excludes halogenated alkanes) is 1. The molecule has 0 aliphatic heterocycles. The van der Waals surface area contributed by atoms with Gasteiger partial charge in [-0.05, 0) is 30.6 Å². The Bertz CT molecular complexity index is 120. The molecular formula is C13H26. The highest BCUT2D eigenvalue weighted by molar-refractivity contribution is 4.78. The Labute approximate surface area is 84.1 Å². The lowest BCUT2D eigenvalue weighted by atomic mass is 9.71. The van der Waals surface area contributed by atoms with E-state index in [4.69, 9.17) is 0 Å². The van der Waals surface area contributed by atoms with Gasteiger partial charge in [-0.3, -0.25) is 0 Å². The molecule has 1 rings (SSSR count). The third kappa shape index (κ3) is 4.15. The molecule has 78 valence electrons. The lowest BCUT2D eigenvalue weighted by Crippen LogP contribution is -2.22. The van der Waals surface area contributed by atoms with Gasteiger partial charge in [-0.1, -0.05) is 52.9 Å². The molecule has 0 aromatic heterocycles. The Balaban J connectivity index is 1.85. The molecule has 0 heteroatoms. The molecule has 0 nitrogen and oxygen atoms in total. The molecule has 0 N–H and O–H groups in total. The fraction of sp³-hybridized carbons (Fsp3) is 1.00. The van der Waals surface area contributed by atoms with E-state index in [0.29, 0.717) is 0 Å². The zero-order valence-corrected chi connectivity index (χ0v) is 9.68. The third-order valence-corrected chi connectivity index (χ3v) is 3.55. The summed E-state index contributed by atoms with van der Waals surface area (Å²) in [6, 6.07) is 0. The van der Waals surface area contributed by atoms with Crippen molar-refractivity contribution in [2.45, 2.75) is 65.7 Å². The highest BCUT2D eigenvalue weighted by Crippen LogP contribution is 2.38. The molecule has 0 bridgehead atoms. The molecule has 0 aromatic rings. The van der Waals surface area contributed by atoms with E-state index in [0.717, 1.165) is 17.8 Å². The fourth-order valence-corrected chi connectivity index (χ4v) is 2.43. The monoisotopic (exact) mass is 182 g/mol. The van der Waals surface area contributed by atoms with E-state index in [2.05, 4.69) is 20.8 Å². The van der Waals surface area contributed by atoms with Crippen LogP contribution in [-0.4, -0.2) is 0 Å². The molecule has 1 saturated carbocycles. The Morgan fingerprint density at radius 1 is 1.08 bits per heavy atom. The van der Waals surface area contributed by atoms with Gasteiger partial charge in [-0.15, -0.1) is 0 Å². The van der Waals surface area contributed by atoms with Crippen LogP contribution < -0.4 is 0 Å². The van der Waals surface area contributed by atoms with Gasteiger partial charge in [0.1, 0.15) is 0 Å². The van der Waals surface area contributed by atoms with E-state index >= 15 is 0 Å². The van der Waals surface area contributed by atoms with Gasteiger partial charge in [0, 0.05) is 0 Å². The van der Waals surface area contributed by atoms with Gasteiger partial charge in [0.05, 0.1) is 0 Å². The zero-order valence-electron chi connectivity index (χ0n) is 9.68. The van der Waals surface area contributed by atoms with Crippen LogP contribution in [0.15, 0.2) is 0 Å². The summed E-state index contributed by atoms with van der Waals surface area (Å²) in [5.41, 5.74) is 0. The summed E-state index contributed by atoms with van der Waals surface area (Å²) in [7, 11) is 0. The second-order valence-corrected chi connectivity index (χ2v) is 5.29. The molecule has 0 saturated heterocycles. The van der Waals surface area contributed by atoms with Gasteiger partial charge >= 0.3 is 0 Å². The van der Waals surface area contributed by atoms with Crippen LogP contribution in [-0.2, 0) is 0 Å². The summed E-state index contributed by atoms with van der Waals surface area (Å²) in [5, 5.41) is 0. The van der Waals surface area contributed by atoms with Crippen LogP contribution in [0.1, 0.15) is 65.7 Å². The average Bonchev–Trinajstić information content (AvgIpc) is 2.00. The predicted octanol–water partition coefficient (Wildman–Crippen LogP) is 4.64. The summed E-state index contributed by atoms with van der Waals surface area (Å²) in [5.74, 6) is 3.11. The minimum Gasteiger partial charge on any atom is -0.0651 e. The van der Waals surface area contributed by atoms with Crippen molar-refractivity contribution in [1.29, 1.82) is 0 Å². The van der Waals surface area contributed by atoms with Crippen molar-refractivity contribution in [3.8, 4) is 0 Å². The molecule has 1 fully saturated rings. The van der Waals surface area contributed by atoms with Gasteiger partial charge in [-0.25, -0.2) is 0 Å². The summed E-state index contributed by atoms with van der Waals surface area (Å²) in [6.07, 6.45) is 10.4. The topological polar surface area (TPSA) is 0 Å². The van der Waals surface area contributed by atoms with Gasteiger partial charge < -0.3 is 0 Å². The second kappa shape index (κ2) is 5.67. The molecule has 0 spiro atoms. The summed E-state index contributed by atoms with van der Waals surface area (Å²) < 4.78 is 0. The lowest BCUT2D eigenvalue weighted by molar-refractivity contribution is 0.172. The maximum atomic E-state index is 2.33. The van der Waals surface area contributed by atoms with Crippen LogP contribution in [0.3, 0.4) is 0 Å². The van der Waals surface area contributed by atoms with Gasteiger partial charge in [0.15, 0.2) is 0 Å². The Morgan fingerprint density at radius 2 is 1.77 bits per heavy atom. The number of rotatable bonds is 6. The first kappa shape index (κ1) is 11.1. The van der Waals surface area contributed by atoms with Crippen LogP contribution >= 0.6 is 0 Å². The quantitative estimate of drug-likeness (QED) is 0.525. The minimum absolute atomic E-state index is 0.907. The van der Waals surface area contributed by atoms with Gasteiger partial charge in [0.25, 0.3) is 0 Å². The highest BCUT2D eigenvalue weighted by atomic mass is 14.3. The molecule has 0 aromatic carbocycles. The first-order valence-corrected chi connectivity index (χ1v) is 6.22. The van der Waals surface area contributed by atoms with Crippen molar-refractivity contribution in [2.75, 3.05) is 0 Å². The number of hydrogen-bond acceptors (Lipinski definition) is 0. The van der Waals surface area contributed by atoms with E-state index in [-0.39, 0.29) is 0 Å². The first-order chi connectivity index (χ1) is 6.22. The molecule has 1 aliphatic carbocycles. The molecule has 0 radical (unpaired) electrons. The van der Waals surface area contributed by atoms with Crippen LogP contribution in [0.5, 0.6) is 0 Å². The van der Waals surface area contributed by atoms with E-state index < -0.39 is 0 Å². The Morgan fingerprint density at radius 3 is 2.31 bits per heavy atom. The van der Waals surface area contributed by atoms with Gasteiger partial charge in [0.2, 0.25) is 0 Å². The van der Waals surface area contributed by atoms with Crippen molar-refractivity contribution in [1.82, 2.24) is 0 Å². The van der Waals surface area contributed by atoms with E-state index in [1.165, 1.54) is 44.9 Å². The van der Waals surface area contributed by atoms with E-state index in [9.17, 15) is 0 Å². The van der Waals surface area contributed by atoms with Crippen molar-refractivity contribution < 1.29 is 0 Å². The van der Waals surface area contributed by atoms with Crippen molar-refractivity contribution in [3.05, 3.63) is 0 Å². The van der Waals surface area contributed by atoms with Crippen LogP contribution in [0, 0.1) is 17.8 Å². The molecule has 0 heterocycles. The van der Waals surface area contributed by atoms with Gasteiger partial charge in [-0.2, -0.15) is 0 Å². The lowest BCUT2D eigenvalue weighted by Gasteiger charge is -2.34. The van der Waals surface area contributed by atoms with Crippen LogP contribution in [0.2, 0.25) is 0 Å². The smallest absolute Gasteiger partial charge is 0.0409 e. The summed E-state index contributed by atoms with van der Waals surface area (Å²) >= 11 is 0. The average molecular weight is 182 g/mol. The normalized spacial score (nSPS) is 27.7. The van der Waals surface area contributed by atoms with Crippen molar-refractivity contribution in [2.24, 2.45) is 17.8 Å². The molecule has 0 amide bonds. The molecule has 0 unspecified atom stereocenters. The maximum absolute atomic E-state index is 2.33. The first-order valence-electron chi connectivity index (χ1n) is 6.22. The Kier molecular flexibility index (Phi) is 4.83. The second-order valence-electron chi connectivity index (χ2n) is 5.29. The predicted molar refractivity (Wildman–Crippen MR) is 59.8 cm³/mol. The van der Waals surface area contributed by atoms with Crippen molar-refractivity contribution >= 4 is 0 Å². The number of hydrogen-bond donors (Lipinski definition) is 0. The van der Waals surface area contributed by atoms with Crippen LogP contribution in [0.4, 0.5) is 0 Å². The molecule has 0 atom stereocenters. The van der Waals surface area contributed by atoms with E-state index in [1.807, 2.05) is 0 Å². The molecule has 13 heavy (non-hydrogen) atoms. The SMILES string of the molecule is CCC1CC(CCCCC(C)C)C1. The minimum atomic E-state index is 0.907. The standard InChI is InChI=1S/C13H26/c1-4-12-9-13(10-12)8-6-5-7-11(2)3/h11-13H,4-10H2,1-3H3. The zero-order chi connectivity index (χ0) is 9.68. The summed E-state index contributed by atoms with van der Waals surface area (Å²) in [6.45, 7) is 6.99.